The van der Waals surface area contributed by atoms with Gasteiger partial charge in [0.25, 0.3) is 0 Å². The van der Waals surface area contributed by atoms with Gasteiger partial charge in [-0.15, -0.1) is 0 Å². The van der Waals surface area contributed by atoms with Crippen LogP contribution in [0.3, 0.4) is 0 Å². The number of amides is 1. The largest absolute Gasteiger partial charge is 0.458 e. The lowest BCUT2D eigenvalue weighted by Crippen LogP contribution is -2.68. The van der Waals surface area contributed by atoms with Crippen molar-refractivity contribution in [2.24, 2.45) is 0 Å². The summed E-state index contributed by atoms with van der Waals surface area (Å²) < 4.78 is 5.41. The average Bonchev–Trinajstić information content (AvgIpc) is 2.25. The quantitative estimate of drug-likeness (QED) is 0.667. The minimum Gasteiger partial charge on any atom is -0.458 e. The molecule has 1 amide bonds. The van der Waals surface area contributed by atoms with Crippen molar-refractivity contribution in [1.82, 2.24) is 5.32 Å². The first kappa shape index (κ1) is 13.6. The predicted molar refractivity (Wildman–Crippen MR) is 71.5 cm³/mol. The molecular formula is C15H19NO3. The average molecular weight is 261 g/mol. The van der Waals surface area contributed by atoms with E-state index >= 15 is 0 Å². The number of hydrogen-bond acceptors (Lipinski definition) is 3. The first-order valence-corrected chi connectivity index (χ1v) is 6.39. The molecule has 1 atom stereocenters. The van der Waals surface area contributed by atoms with Crippen molar-refractivity contribution in [2.45, 2.75) is 44.8 Å². The van der Waals surface area contributed by atoms with Crippen LogP contribution < -0.4 is 5.32 Å². The van der Waals surface area contributed by atoms with Crippen LogP contribution >= 0.6 is 0 Å². The van der Waals surface area contributed by atoms with Crippen LogP contribution in [0, 0.1) is 0 Å². The van der Waals surface area contributed by atoms with E-state index in [2.05, 4.69) is 5.32 Å². The molecule has 0 aromatic heterocycles. The molecule has 0 saturated carbocycles. The third kappa shape index (κ3) is 3.13. The molecule has 1 N–H and O–H groups in total. The van der Waals surface area contributed by atoms with Gasteiger partial charge < -0.3 is 10.1 Å². The lowest BCUT2D eigenvalue weighted by atomic mass is 9.81. The van der Waals surface area contributed by atoms with Gasteiger partial charge >= 0.3 is 5.97 Å². The van der Waals surface area contributed by atoms with Crippen molar-refractivity contribution in [2.75, 3.05) is 0 Å². The first-order valence-electron chi connectivity index (χ1n) is 6.39. The van der Waals surface area contributed by atoms with Crippen molar-refractivity contribution in [3.05, 3.63) is 35.9 Å². The number of rotatable bonds is 3. The smallest absolute Gasteiger partial charge is 0.333 e. The topological polar surface area (TPSA) is 55.4 Å². The van der Waals surface area contributed by atoms with Gasteiger partial charge in [0, 0.05) is 6.42 Å². The van der Waals surface area contributed by atoms with Gasteiger partial charge in [0.05, 0.1) is 6.42 Å². The van der Waals surface area contributed by atoms with Crippen molar-refractivity contribution < 1.29 is 14.3 Å². The van der Waals surface area contributed by atoms with Gasteiger partial charge in [-0.3, -0.25) is 4.79 Å². The molecule has 1 aromatic rings. The minimum atomic E-state index is -0.897. The van der Waals surface area contributed by atoms with E-state index in [1.807, 2.05) is 51.1 Å². The van der Waals surface area contributed by atoms with Crippen LogP contribution in [0.1, 0.15) is 32.8 Å². The van der Waals surface area contributed by atoms with Crippen molar-refractivity contribution in [3.63, 3.8) is 0 Å². The Kier molecular flexibility index (Phi) is 3.35. The molecule has 1 aliphatic heterocycles. The Hall–Kier alpha value is -1.84. The SMILES string of the molecule is CC(C)(C)OC(=O)[C@]1(Cc2ccccc2)CC(=O)N1. The first-order chi connectivity index (χ1) is 8.81. The van der Waals surface area contributed by atoms with Gasteiger partial charge in [0.15, 0.2) is 5.54 Å². The fourth-order valence-electron chi connectivity index (χ4n) is 2.14. The Morgan fingerprint density at radius 2 is 1.89 bits per heavy atom. The van der Waals surface area contributed by atoms with E-state index in [-0.39, 0.29) is 18.3 Å². The Morgan fingerprint density at radius 1 is 1.32 bits per heavy atom. The van der Waals surface area contributed by atoms with Crippen LogP contribution in [0.5, 0.6) is 0 Å². The molecule has 1 heterocycles. The highest BCUT2D eigenvalue weighted by molar-refractivity contribution is 5.99. The summed E-state index contributed by atoms with van der Waals surface area (Å²) in [5, 5.41) is 2.71. The van der Waals surface area contributed by atoms with Crippen LogP contribution in [0.15, 0.2) is 30.3 Å². The summed E-state index contributed by atoms with van der Waals surface area (Å²) in [5.41, 5.74) is -0.444. The normalized spacial score (nSPS) is 22.4. The number of esters is 1. The van der Waals surface area contributed by atoms with E-state index in [0.29, 0.717) is 6.42 Å². The molecule has 2 rings (SSSR count). The lowest BCUT2D eigenvalue weighted by Gasteiger charge is -2.41. The van der Waals surface area contributed by atoms with Crippen molar-refractivity contribution in [3.8, 4) is 0 Å². The summed E-state index contributed by atoms with van der Waals surface area (Å²) in [5.74, 6) is -0.467. The van der Waals surface area contributed by atoms with E-state index in [1.54, 1.807) is 0 Å². The zero-order chi connectivity index (χ0) is 14.1. The second-order valence-electron chi connectivity index (χ2n) is 5.97. The van der Waals surface area contributed by atoms with Gasteiger partial charge in [-0.2, -0.15) is 0 Å². The summed E-state index contributed by atoms with van der Waals surface area (Å²) >= 11 is 0. The molecule has 1 saturated heterocycles. The summed E-state index contributed by atoms with van der Waals surface area (Å²) in [6.07, 6.45) is 0.658. The van der Waals surface area contributed by atoms with E-state index in [0.717, 1.165) is 5.56 Å². The van der Waals surface area contributed by atoms with Gasteiger partial charge in [0.1, 0.15) is 5.60 Å². The summed E-state index contributed by atoms with van der Waals surface area (Å²) in [4.78, 5) is 23.5. The third-order valence-electron chi connectivity index (χ3n) is 2.98. The Bertz CT molecular complexity index is 480. The molecule has 19 heavy (non-hydrogen) atoms. The second kappa shape index (κ2) is 4.68. The van der Waals surface area contributed by atoms with Crippen LogP contribution in [0.2, 0.25) is 0 Å². The zero-order valence-electron chi connectivity index (χ0n) is 11.5. The molecule has 0 spiro atoms. The van der Waals surface area contributed by atoms with Crippen molar-refractivity contribution in [1.29, 1.82) is 0 Å². The maximum atomic E-state index is 12.3. The van der Waals surface area contributed by atoms with Gasteiger partial charge in [-0.25, -0.2) is 4.79 Å². The van der Waals surface area contributed by atoms with E-state index in [1.165, 1.54) is 0 Å². The van der Waals surface area contributed by atoms with Gasteiger partial charge in [-0.1, -0.05) is 30.3 Å². The zero-order valence-corrected chi connectivity index (χ0v) is 11.5. The second-order valence-corrected chi connectivity index (χ2v) is 5.97. The number of nitrogens with one attached hydrogen (secondary N) is 1. The highest BCUT2D eigenvalue weighted by atomic mass is 16.6. The number of carbonyl (C=O) groups is 2. The van der Waals surface area contributed by atoms with Gasteiger partial charge in [0.2, 0.25) is 5.91 Å². The lowest BCUT2D eigenvalue weighted by molar-refractivity contribution is -0.171. The number of β-lactam (4-membered cyclic amide) rings is 1. The molecule has 102 valence electrons. The van der Waals surface area contributed by atoms with E-state index in [4.69, 9.17) is 4.74 Å². The molecule has 0 bridgehead atoms. The minimum absolute atomic E-state index is 0.109. The highest BCUT2D eigenvalue weighted by Crippen LogP contribution is 2.28. The number of hydrogen-bond donors (Lipinski definition) is 1. The van der Waals surface area contributed by atoms with Crippen molar-refractivity contribution >= 4 is 11.9 Å². The highest BCUT2D eigenvalue weighted by Gasteiger charge is 2.51. The molecule has 1 aliphatic rings. The molecular weight excluding hydrogens is 242 g/mol. The van der Waals surface area contributed by atoms with E-state index in [9.17, 15) is 9.59 Å². The maximum absolute atomic E-state index is 12.3. The van der Waals surface area contributed by atoms with Crippen LogP contribution in [-0.2, 0) is 20.7 Å². The van der Waals surface area contributed by atoms with Crippen LogP contribution in [0.25, 0.3) is 0 Å². The molecule has 1 aromatic carbocycles. The van der Waals surface area contributed by atoms with Crippen LogP contribution in [-0.4, -0.2) is 23.0 Å². The Balaban J connectivity index is 2.15. The molecule has 0 unspecified atom stereocenters. The third-order valence-corrected chi connectivity index (χ3v) is 2.98. The number of carbonyl (C=O) groups excluding carboxylic acids is 2. The van der Waals surface area contributed by atoms with Crippen LogP contribution in [0.4, 0.5) is 0 Å². The monoisotopic (exact) mass is 261 g/mol. The molecule has 4 nitrogen and oxygen atoms in total. The maximum Gasteiger partial charge on any atom is 0.333 e. The van der Waals surface area contributed by atoms with Gasteiger partial charge in [-0.05, 0) is 26.3 Å². The fraction of sp³-hybridized carbons (Fsp3) is 0.467. The standard InChI is InChI=1S/C15H19NO3/c1-14(2,3)19-13(18)15(10-12(17)16-15)9-11-7-5-4-6-8-11/h4-8H,9-10H2,1-3H3,(H,16,17)/t15-/m0/s1. The Labute approximate surface area is 113 Å². The Morgan fingerprint density at radius 3 is 2.37 bits per heavy atom. The number of ether oxygens (including phenoxy) is 1. The molecule has 0 aliphatic carbocycles. The molecule has 1 fully saturated rings. The van der Waals surface area contributed by atoms with E-state index < -0.39 is 11.1 Å². The fourth-order valence-corrected chi connectivity index (χ4v) is 2.14. The molecule has 4 heteroatoms. The summed E-state index contributed by atoms with van der Waals surface area (Å²) in [6.45, 7) is 5.46. The molecule has 0 radical (unpaired) electrons. The predicted octanol–water partition coefficient (Wildman–Crippen LogP) is 1.83. The number of benzene rings is 1. The summed E-state index contributed by atoms with van der Waals surface area (Å²) in [7, 11) is 0. The summed E-state index contributed by atoms with van der Waals surface area (Å²) in [6, 6.07) is 9.63.